The number of rotatable bonds is 2. The van der Waals surface area contributed by atoms with Gasteiger partial charge in [-0.25, -0.2) is 0 Å². The van der Waals surface area contributed by atoms with Crippen molar-refractivity contribution in [1.82, 2.24) is 4.57 Å². The fraction of sp³-hybridized carbons (Fsp3) is 0.200. The molecule has 1 rings (SSSR count). The maximum Gasteiger partial charge on any atom is 0.0219 e. The molecular formula is C10H13N. The Kier molecular flexibility index (Phi) is 1.99. The molecule has 1 aromatic rings. The molecule has 0 spiro atoms. The van der Waals surface area contributed by atoms with Crippen molar-refractivity contribution in [1.29, 1.82) is 0 Å². The van der Waals surface area contributed by atoms with E-state index in [4.69, 9.17) is 0 Å². The molecule has 0 unspecified atom stereocenters. The maximum absolute atomic E-state index is 3.75. The number of hydrogen-bond donors (Lipinski definition) is 0. The van der Waals surface area contributed by atoms with Crippen LogP contribution in [0.1, 0.15) is 16.8 Å². The number of aryl methyl sites for hydroxylation is 1. The Labute approximate surface area is 67.7 Å². The maximum atomic E-state index is 3.75. The third-order valence-electron chi connectivity index (χ3n) is 1.99. The molecule has 1 aromatic heterocycles. The molecule has 0 aliphatic carbocycles. The van der Waals surface area contributed by atoms with E-state index in [2.05, 4.69) is 30.8 Å². The molecular weight excluding hydrogens is 134 g/mol. The lowest BCUT2D eigenvalue weighted by Gasteiger charge is -1.95. The first-order valence-corrected chi connectivity index (χ1v) is 3.61. The zero-order valence-electron chi connectivity index (χ0n) is 7.09. The molecule has 0 fully saturated rings. The van der Waals surface area contributed by atoms with Crippen LogP contribution in [0.4, 0.5) is 0 Å². The van der Waals surface area contributed by atoms with Crippen molar-refractivity contribution in [3.8, 4) is 0 Å². The molecule has 0 saturated carbocycles. The summed E-state index contributed by atoms with van der Waals surface area (Å²) in [4.78, 5) is 0. The van der Waals surface area contributed by atoms with Crippen LogP contribution >= 0.6 is 0 Å². The summed E-state index contributed by atoms with van der Waals surface area (Å²) < 4.78 is 2.08. The van der Waals surface area contributed by atoms with Crippen LogP contribution in [0.2, 0.25) is 0 Å². The Morgan fingerprint density at radius 2 is 2.00 bits per heavy atom. The Bertz CT molecular complexity index is 292. The molecule has 0 bridgehead atoms. The smallest absolute Gasteiger partial charge is 0.0219 e. The zero-order valence-corrected chi connectivity index (χ0v) is 7.09. The summed E-state index contributed by atoms with van der Waals surface area (Å²) in [6.45, 7) is 9.56. The molecule has 11 heavy (non-hydrogen) atoms. The number of hydrogen-bond acceptors (Lipinski definition) is 0. The molecule has 1 nitrogen and oxygen atoms in total. The van der Waals surface area contributed by atoms with E-state index in [0.29, 0.717) is 0 Å². The van der Waals surface area contributed by atoms with Gasteiger partial charge in [0.15, 0.2) is 0 Å². The van der Waals surface area contributed by atoms with E-state index in [1.807, 2.05) is 19.2 Å². The molecule has 0 aromatic carbocycles. The van der Waals surface area contributed by atoms with Gasteiger partial charge in [-0.2, -0.15) is 0 Å². The average molecular weight is 147 g/mol. The van der Waals surface area contributed by atoms with Crippen LogP contribution in [-0.2, 0) is 7.05 Å². The lowest BCUT2D eigenvalue weighted by molar-refractivity contribution is 0.880. The van der Waals surface area contributed by atoms with E-state index in [1.165, 1.54) is 11.3 Å². The van der Waals surface area contributed by atoms with Crippen LogP contribution in [0.25, 0.3) is 12.2 Å². The van der Waals surface area contributed by atoms with Gasteiger partial charge in [0.25, 0.3) is 0 Å². The van der Waals surface area contributed by atoms with Gasteiger partial charge in [-0.05, 0) is 12.5 Å². The van der Waals surface area contributed by atoms with Crippen LogP contribution in [-0.4, -0.2) is 4.57 Å². The van der Waals surface area contributed by atoms with Crippen molar-refractivity contribution in [2.45, 2.75) is 6.92 Å². The van der Waals surface area contributed by atoms with Crippen molar-refractivity contribution >= 4 is 12.2 Å². The van der Waals surface area contributed by atoms with Crippen molar-refractivity contribution in [2.24, 2.45) is 7.05 Å². The molecule has 0 aliphatic heterocycles. The minimum absolute atomic E-state index is 1.15. The summed E-state index contributed by atoms with van der Waals surface area (Å²) in [6, 6.07) is 0. The summed E-state index contributed by atoms with van der Waals surface area (Å²) in [7, 11) is 2.02. The van der Waals surface area contributed by atoms with Crippen molar-refractivity contribution in [3.63, 3.8) is 0 Å². The molecule has 0 amide bonds. The van der Waals surface area contributed by atoms with Gasteiger partial charge >= 0.3 is 0 Å². The van der Waals surface area contributed by atoms with Crippen LogP contribution in [0.5, 0.6) is 0 Å². The van der Waals surface area contributed by atoms with Gasteiger partial charge in [-0.15, -0.1) is 0 Å². The highest BCUT2D eigenvalue weighted by Gasteiger charge is 2.03. The largest absolute Gasteiger partial charge is 0.353 e. The predicted octanol–water partition coefficient (Wildman–Crippen LogP) is 2.62. The molecule has 0 radical (unpaired) electrons. The van der Waals surface area contributed by atoms with Gasteiger partial charge in [0.2, 0.25) is 0 Å². The Balaban J connectivity index is 3.37. The minimum atomic E-state index is 1.15. The van der Waals surface area contributed by atoms with E-state index in [9.17, 15) is 0 Å². The van der Waals surface area contributed by atoms with Crippen LogP contribution in [0.15, 0.2) is 19.4 Å². The summed E-state index contributed by atoms with van der Waals surface area (Å²) in [5, 5.41) is 0. The van der Waals surface area contributed by atoms with Gasteiger partial charge in [-0.1, -0.05) is 25.3 Å². The van der Waals surface area contributed by atoms with E-state index in [-0.39, 0.29) is 0 Å². The summed E-state index contributed by atoms with van der Waals surface area (Å²) in [6.07, 6.45) is 5.77. The Hall–Kier alpha value is -1.24. The third-order valence-corrected chi connectivity index (χ3v) is 1.99. The number of nitrogens with zero attached hydrogens (tertiary/aromatic N) is 1. The first-order chi connectivity index (χ1) is 5.20. The second-order valence-corrected chi connectivity index (χ2v) is 2.60. The van der Waals surface area contributed by atoms with Gasteiger partial charge in [0.1, 0.15) is 0 Å². The van der Waals surface area contributed by atoms with Crippen LogP contribution in [0, 0.1) is 6.92 Å². The van der Waals surface area contributed by atoms with Crippen molar-refractivity contribution < 1.29 is 0 Å². The first-order valence-electron chi connectivity index (χ1n) is 3.61. The fourth-order valence-electron chi connectivity index (χ4n) is 1.20. The minimum Gasteiger partial charge on any atom is -0.353 e. The molecule has 1 heterocycles. The zero-order chi connectivity index (χ0) is 8.43. The van der Waals surface area contributed by atoms with Crippen molar-refractivity contribution in [2.75, 3.05) is 0 Å². The predicted molar refractivity (Wildman–Crippen MR) is 50.3 cm³/mol. The Morgan fingerprint density at radius 1 is 1.36 bits per heavy atom. The highest BCUT2D eigenvalue weighted by Crippen LogP contribution is 2.17. The van der Waals surface area contributed by atoms with Gasteiger partial charge in [0.05, 0.1) is 0 Å². The van der Waals surface area contributed by atoms with Gasteiger partial charge in [0, 0.05) is 24.5 Å². The van der Waals surface area contributed by atoms with Gasteiger partial charge < -0.3 is 4.57 Å². The summed E-state index contributed by atoms with van der Waals surface area (Å²) >= 11 is 0. The van der Waals surface area contributed by atoms with Crippen molar-refractivity contribution in [3.05, 3.63) is 36.2 Å². The fourth-order valence-corrected chi connectivity index (χ4v) is 1.20. The molecule has 1 heteroatoms. The summed E-state index contributed by atoms with van der Waals surface area (Å²) in [5.74, 6) is 0. The highest BCUT2D eigenvalue weighted by atomic mass is 14.9. The first kappa shape index (κ1) is 7.86. The molecule has 0 atom stereocenters. The van der Waals surface area contributed by atoms with E-state index >= 15 is 0 Å². The molecule has 58 valence electrons. The monoisotopic (exact) mass is 147 g/mol. The second-order valence-electron chi connectivity index (χ2n) is 2.60. The van der Waals surface area contributed by atoms with E-state index < -0.39 is 0 Å². The van der Waals surface area contributed by atoms with E-state index in [1.54, 1.807) is 0 Å². The van der Waals surface area contributed by atoms with E-state index in [0.717, 1.165) is 5.56 Å². The molecule has 0 saturated heterocycles. The quantitative estimate of drug-likeness (QED) is 0.606. The molecule has 0 N–H and O–H groups in total. The average Bonchev–Trinajstić information content (AvgIpc) is 2.28. The van der Waals surface area contributed by atoms with Gasteiger partial charge in [-0.3, -0.25) is 0 Å². The highest BCUT2D eigenvalue weighted by molar-refractivity contribution is 5.65. The lowest BCUT2D eigenvalue weighted by Crippen LogP contribution is -1.87. The normalized spacial score (nSPS) is 9.64. The molecule has 0 aliphatic rings. The second kappa shape index (κ2) is 2.79. The topological polar surface area (TPSA) is 4.93 Å². The lowest BCUT2D eigenvalue weighted by atomic mass is 10.1. The standard InChI is InChI=1S/C10H13N/c1-5-9-7-11(4)8(3)10(9)6-2/h5-7H,1-2H2,3-4H3. The SMILES string of the molecule is C=Cc1cn(C)c(C)c1C=C. The van der Waals surface area contributed by atoms with Crippen LogP contribution in [0.3, 0.4) is 0 Å². The number of aromatic nitrogens is 1. The third kappa shape index (κ3) is 1.14. The Morgan fingerprint density at radius 3 is 2.36 bits per heavy atom. The summed E-state index contributed by atoms with van der Waals surface area (Å²) in [5.41, 5.74) is 3.57. The van der Waals surface area contributed by atoms with Crippen LogP contribution < -0.4 is 0 Å².